The number of anilines is 2. The Labute approximate surface area is 162 Å². The number of amides is 2. The summed E-state index contributed by atoms with van der Waals surface area (Å²) in [5, 5.41) is 14.8. The zero-order valence-corrected chi connectivity index (χ0v) is 15.7. The molecule has 0 unspecified atom stereocenters. The molecule has 0 radical (unpaired) electrons. The number of nitrogens with one attached hydrogen (secondary N) is 2. The van der Waals surface area contributed by atoms with E-state index in [1.807, 2.05) is 0 Å². The van der Waals surface area contributed by atoms with Gasteiger partial charge in [0.1, 0.15) is 16.4 Å². The molecule has 0 aliphatic carbocycles. The zero-order chi connectivity index (χ0) is 20.1. The number of phenols is 1. The fraction of sp³-hybridized carbons (Fsp3) is 0.0500. The molecule has 0 saturated heterocycles. The van der Waals surface area contributed by atoms with Crippen LogP contribution in [-0.4, -0.2) is 19.6 Å². The van der Waals surface area contributed by atoms with Gasteiger partial charge in [-0.05, 0) is 48.9 Å². The first-order chi connectivity index (χ1) is 13.3. The van der Waals surface area contributed by atoms with Crippen molar-refractivity contribution in [1.29, 1.82) is 0 Å². The van der Waals surface area contributed by atoms with Gasteiger partial charge in [-0.25, -0.2) is 4.79 Å². The summed E-state index contributed by atoms with van der Waals surface area (Å²) in [4.78, 5) is 12.1. The molecule has 0 heterocycles. The maximum Gasteiger partial charge on any atom is 0.339 e. The molecule has 8 heteroatoms. The number of hydrogen-bond acceptors (Lipinski definition) is 5. The Bertz CT molecular complexity index is 1110. The second-order valence-corrected chi connectivity index (χ2v) is 7.52. The summed E-state index contributed by atoms with van der Waals surface area (Å²) < 4.78 is 30.0. The lowest BCUT2D eigenvalue weighted by atomic mass is 10.2. The van der Waals surface area contributed by atoms with Gasteiger partial charge in [0, 0.05) is 11.8 Å². The van der Waals surface area contributed by atoms with Gasteiger partial charge in [-0.2, -0.15) is 8.42 Å². The second kappa shape index (κ2) is 8.01. The molecule has 0 saturated carbocycles. The van der Waals surface area contributed by atoms with E-state index in [9.17, 15) is 18.3 Å². The molecule has 7 nitrogen and oxygen atoms in total. The molecule has 0 fully saturated rings. The van der Waals surface area contributed by atoms with E-state index in [0.29, 0.717) is 5.69 Å². The fourth-order valence-electron chi connectivity index (χ4n) is 2.44. The molecule has 0 aromatic heterocycles. The molecule has 28 heavy (non-hydrogen) atoms. The summed E-state index contributed by atoms with van der Waals surface area (Å²) >= 11 is 0. The molecule has 3 aromatic carbocycles. The minimum Gasteiger partial charge on any atom is -0.506 e. The number of rotatable bonds is 5. The van der Waals surface area contributed by atoms with Crippen LogP contribution in [0.25, 0.3) is 0 Å². The molecule has 3 aromatic rings. The fourth-order valence-corrected chi connectivity index (χ4v) is 3.46. The van der Waals surface area contributed by atoms with Crippen molar-refractivity contribution in [3.05, 3.63) is 78.4 Å². The second-order valence-electron chi connectivity index (χ2n) is 5.98. The first-order valence-electron chi connectivity index (χ1n) is 8.31. The van der Waals surface area contributed by atoms with E-state index in [1.165, 1.54) is 30.3 Å². The summed E-state index contributed by atoms with van der Waals surface area (Å²) in [5.41, 5.74) is 1.36. The third kappa shape index (κ3) is 4.80. The Morgan fingerprint density at radius 3 is 2.43 bits per heavy atom. The van der Waals surface area contributed by atoms with Gasteiger partial charge in [-0.1, -0.05) is 30.3 Å². The lowest BCUT2D eigenvalue weighted by Gasteiger charge is -2.11. The predicted octanol–water partition coefficient (Wildman–Crippen LogP) is 4.11. The number of hydrogen-bond donors (Lipinski definition) is 3. The molecule has 0 aliphatic heterocycles. The smallest absolute Gasteiger partial charge is 0.339 e. The topological polar surface area (TPSA) is 105 Å². The van der Waals surface area contributed by atoms with Crippen LogP contribution in [0.1, 0.15) is 5.56 Å². The van der Waals surface area contributed by atoms with Crippen molar-refractivity contribution in [2.24, 2.45) is 0 Å². The van der Waals surface area contributed by atoms with E-state index < -0.39 is 16.1 Å². The van der Waals surface area contributed by atoms with Gasteiger partial charge in [0.05, 0.1) is 5.69 Å². The van der Waals surface area contributed by atoms with Crippen LogP contribution in [0.4, 0.5) is 16.2 Å². The van der Waals surface area contributed by atoms with Crippen LogP contribution < -0.4 is 14.8 Å². The molecule has 0 bridgehead atoms. The minimum atomic E-state index is -4.00. The maximum atomic E-state index is 12.4. The highest BCUT2D eigenvalue weighted by Gasteiger charge is 2.17. The summed E-state index contributed by atoms with van der Waals surface area (Å²) in [6.45, 7) is 1.78. The molecular formula is C20H18N2O5S. The van der Waals surface area contributed by atoms with E-state index >= 15 is 0 Å². The van der Waals surface area contributed by atoms with Crippen molar-refractivity contribution in [2.45, 2.75) is 11.8 Å². The lowest BCUT2D eigenvalue weighted by Crippen LogP contribution is -2.19. The first-order valence-corrected chi connectivity index (χ1v) is 9.71. The number of urea groups is 1. The van der Waals surface area contributed by atoms with Crippen molar-refractivity contribution in [2.75, 3.05) is 10.6 Å². The van der Waals surface area contributed by atoms with Crippen LogP contribution in [0.15, 0.2) is 77.7 Å². The molecule has 0 spiro atoms. The van der Waals surface area contributed by atoms with Gasteiger partial charge in [0.15, 0.2) is 0 Å². The average molecular weight is 398 g/mol. The van der Waals surface area contributed by atoms with E-state index in [4.69, 9.17) is 4.18 Å². The number of carbonyl (C=O) groups excluding carboxylic acids is 1. The number of para-hydroxylation sites is 2. The molecule has 144 valence electrons. The monoisotopic (exact) mass is 398 g/mol. The number of benzene rings is 3. The molecule has 0 aliphatic rings. The van der Waals surface area contributed by atoms with Crippen LogP contribution in [-0.2, 0) is 10.1 Å². The molecule has 3 N–H and O–H groups in total. The van der Waals surface area contributed by atoms with E-state index in [0.717, 1.165) is 5.56 Å². The highest BCUT2D eigenvalue weighted by molar-refractivity contribution is 7.87. The van der Waals surface area contributed by atoms with Gasteiger partial charge in [-0.3, -0.25) is 0 Å². The number of aryl methyl sites for hydroxylation is 1. The third-order valence-corrected chi connectivity index (χ3v) is 4.97. The predicted molar refractivity (Wildman–Crippen MR) is 106 cm³/mol. The Kier molecular flexibility index (Phi) is 5.51. The van der Waals surface area contributed by atoms with Crippen LogP contribution >= 0.6 is 0 Å². The van der Waals surface area contributed by atoms with Crippen molar-refractivity contribution < 1.29 is 22.5 Å². The van der Waals surface area contributed by atoms with Gasteiger partial charge in [0.25, 0.3) is 0 Å². The quantitative estimate of drug-likeness (QED) is 0.443. The van der Waals surface area contributed by atoms with E-state index in [-0.39, 0.29) is 22.1 Å². The third-order valence-electron chi connectivity index (χ3n) is 3.73. The van der Waals surface area contributed by atoms with Crippen molar-refractivity contribution in [3.63, 3.8) is 0 Å². The highest BCUT2D eigenvalue weighted by atomic mass is 32.2. The van der Waals surface area contributed by atoms with E-state index in [1.54, 1.807) is 49.4 Å². The van der Waals surface area contributed by atoms with Crippen molar-refractivity contribution in [3.8, 4) is 11.5 Å². The van der Waals surface area contributed by atoms with Gasteiger partial charge < -0.3 is 19.9 Å². The summed E-state index contributed by atoms with van der Waals surface area (Å²) in [7, 11) is -4.00. The van der Waals surface area contributed by atoms with E-state index in [2.05, 4.69) is 10.6 Å². The van der Waals surface area contributed by atoms with Crippen LogP contribution in [0.3, 0.4) is 0 Å². The Morgan fingerprint density at radius 1 is 0.929 bits per heavy atom. The molecule has 3 rings (SSSR count). The lowest BCUT2D eigenvalue weighted by molar-refractivity contribution is 0.262. The van der Waals surface area contributed by atoms with Crippen LogP contribution in [0, 0.1) is 6.92 Å². The largest absolute Gasteiger partial charge is 0.506 e. The Balaban J connectivity index is 1.72. The molecular weight excluding hydrogens is 380 g/mol. The van der Waals surface area contributed by atoms with Gasteiger partial charge in [-0.15, -0.1) is 0 Å². The Hall–Kier alpha value is -3.52. The van der Waals surface area contributed by atoms with Crippen LogP contribution in [0.2, 0.25) is 0 Å². The molecule has 2 amide bonds. The average Bonchev–Trinajstić information content (AvgIpc) is 2.63. The number of aromatic hydroxyl groups is 1. The number of phenolic OH excluding ortho intramolecular Hbond substituents is 1. The van der Waals surface area contributed by atoms with Gasteiger partial charge >= 0.3 is 16.1 Å². The van der Waals surface area contributed by atoms with Crippen LogP contribution in [0.5, 0.6) is 11.5 Å². The van der Waals surface area contributed by atoms with Crippen molar-refractivity contribution in [1.82, 2.24) is 0 Å². The van der Waals surface area contributed by atoms with Gasteiger partial charge in [0.2, 0.25) is 0 Å². The minimum absolute atomic E-state index is 0.0446. The maximum absolute atomic E-state index is 12.4. The first kappa shape index (κ1) is 19.2. The highest BCUT2D eigenvalue weighted by Crippen LogP contribution is 2.24. The Morgan fingerprint density at radius 2 is 1.68 bits per heavy atom. The SMILES string of the molecule is Cc1cccc(S(=O)(=O)Oc2cccc(NC(=O)Nc3ccccc3O)c2)c1. The summed E-state index contributed by atoms with van der Waals surface area (Å²) in [5.74, 6) is -0.0131. The van der Waals surface area contributed by atoms with Crippen molar-refractivity contribution >= 4 is 27.5 Å². The zero-order valence-electron chi connectivity index (χ0n) is 14.9. The molecule has 0 atom stereocenters. The summed E-state index contributed by atoms with van der Waals surface area (Å²) in [6, 6.07) is 18.1. The standard InChI is InChI=1S/C20H18N2O5S/c1-14-6-4-9-17(12-14)28(25,26)27-16-8-5-7-15(13-16)21-20(24)22-18-10-2-3-11-19(18)23/h2-13,23H,1H3,(H2,21,22,24). The number of carbonyl (C=O) groups is 1. The normalized spacial score (nSPS) is 10.9. The summed E-state index contributed by atoms with van der Waals surface area (Å²) in [6.07, 6.45) is 0.